The highest BCUT2D eigenvalue weighted by Gasteiger charge is 2.40. The first-order valence-electron chi connectivity index (χ1n) is 9.80. The number of nitrogens with zero attached hydrogens (tertiary/aromatic N) is 2. The van der Waals surface area contributed by atoms with E-state index in [0.717, 1.165) is 52.0 Å². The zero-order chi connectivity index (χ0) is 18.6. The smallest absolute Gasteiger partial charge is 0.222 e. The molecular formula is C21H29FN2O2. The molecule has 1 spiro atoms. The molecule has 2 heterocycles. The minimum absolute atomic E-state index is 0.0807. The molecule has 1 aromatic rings. The van der Waals surface area contributed by atoms with Crippen LogP contribution >= 0.6 is 0 Å². The largest absolute Gasteiger partial charge is 0.342 e. The van der Waals surface area contributed by atoms with Crippen LogP contribution in [0.25, 0.3) is 0 Å². The number of halogens is 1. The summed E-state index contributed by atoms with van der Waals surface area (Å²) in [6, 6.07) is 5.80. The number of Topliss-reactive ketones (excluding diaryl/α,β-unsaturated/α-hetero) is 1. The lowest BCUT2D eigenvalue weighted by Crippen LogP contribution is -2.54. The predicted octanol–water partition coefficient (Wildman–Crippen LogP) is 3.51. The van der Waals surface area contributed by atoms with Gasteiger partial charge < -0.3 is 9.80 Å². The Morgan fingerprint density at radius 2 is 1.96 bits per heavy atom. The molecule has 1 aromatic carbocycles. The Hall–Kier alpha value is -1.75. The SMILES string of the molecule is CCN1C[C@]2(CCCN(CCCC(=O)c3ccc(F)cc3)C2)CCC1=O. The van der Waals surface area contributed by atoms with Gasteiger partial charge in [0.15, 0.2) is 5.78 Å². The molecule has 4 nitrogen and oxygen atoms in total. The molecule has 0 saturated carbocycles. The molecule has 142 valence electrons. The van der Waals surface area contributed by atoms with Crippen molar-refractivity contribution in [2.75, 3.05) is 32.7 Å². The molecule has 0 N–H and O–H groups in total. The average Bonchev–Trinajstić information content (AvgIpc) is 2.65. The van der Waals surface area contributed by atoms with E-state index < -0.39 is 0 Å². The van der Waals surface area contributed by atoms with Crippen LogP contribution in [0.4, 0.5) is 4.39 Å². The molecule has 0 unspecified atom stereocenters. The van der Waals surface area contributed by atoms with Gasteiger partial charge in [-0.1, -0.05) is 0 Å². The average molecular weight is 360 g/mol. The van der Waals surface area contributed by atoms with Gasteiger partial charge >= 0.3 is 0 Å². The number of hydrogen-bond acceptors (Lipinski definition) is 3. The van der Waals surface area contributed by atoms with E-state index in [9.17, 15) is 14.0 Å². The summed E-state index contributed by atoms with van der Waals surface area (Å²) in [6.45, 7) is 6.75. The zero-order valence-electron chi connectivity index (χ0n) is 15.7. The molecule has 0 aliphatic carbocycles. The van der Waals surface area contributed by atoms with E-state index in [1.165, 1.54) is 18.6 Å². The lowest BCUT2D eigenvalue weighted by Gasteiger charge is -2.48. The van der Waals surface area contributed by atoms with Gasteiger partial charge in [0, 0.05) is 43.5 Å². The topological polar surface area (TPSA) is 40.6 Å². The summed E-state index contributed by atoms with van der Waals surface area (Å²) in [5.41, 5.74) is 0.828. The highest BCUT2D eigenvalue weighted by molar-refractivity contribution is 5.95. The molecule has 2 saturated heterocycles. The van der Waals surface area contributed by atoms with E-state index in [4.69, 9.17) is 0 Å². The Balaban J connectivity index is 1.49. The summed E-state index contributed by atoms with van der Waals surface area (Å²) >= 11 is 0. The number of carbonyl (C=O) groups excluding carboxylic acids is 2. The third-order valence-corrected chi connectivity index (χ3v) is 5.91. The summed E-state index contributed by atoms with van der Waals surface area (Å²) in [4.78, 5) is 28.7. The molecule has 0 bridgehead atoms. The van der Waals surface area contributed by atoms with Gasteiger partial charge in [0.05, 0.1) is 0 Å². The third kappa shape index (κ3) is 4.50. The highest BCUT2D eigenvalue weighted by Crippen LogP contribution is 2.38. The molecule has 3 rings (SSSR count). The molecule has 2 fully saturated rings. The molecule has 2 aliphatic rings. The van der Waals surface area contributed by atoms with E-state index >= 15 is 0 Å². The summed E-state index contributed by atoms with van der Waals surface area (Å²) in [7, 11) is 0. The minimum atomic E-state index is -0.313. The fraction of sp³-hybridized carbons (Fsp3) is 0.619. The van der Waals surface area contributed by atoms with E-state index in [1.807, 2.05) is 4.90 Å². The number of benzene rings is 1. The molecular weight excluding hydrogens is 331 g/mol. The molecule has 1 amide bonds. The minimum Gasteiger partial charge on any atom is -0.342 e. The number of amides is 1. The number of likely N-dealkylation sites (tertiary alicyclic amines) is 2. The van der Waals surface area contributed by atoms with Gasteiger partial charge in [0.1, 0.15) is 5.82 Å². The van der Waals surface area contributed by atoms with Crippen LogP contribution in [0.1, 0.15) is 55.8 Å². The maximum absolute atomic E-state index is 13.0. The fourth-order valence-electron chi connectivity index (χ4n) is 4.47. The first-order chi connectivity index (χ1) is 12.5. The van der Waals surface area contributed by atoms with E-state index in [0.29, 0.717) is 24.3 Å². The molecule has 2 aliphatic heterocycles. The van der Waals surface area contributed by atoms with Crippen LogP contribution in [-0.4, -0.2) is 54.2 Å². The Morgan fingerprint density at radius 3 is 2.69 bits per heavy atom. The predicted molar refractivity (Wildman–Crippen MR) is 99.6 cm³/mol. The Labute approximate surface area is 155 Å². The van der Waals surface area contributed by atoms with Crippen molar-refractivity contribution in [3.8, 4) is 0 Å². The first-order valence-corrected chi connectivity index (χ1v) is 9.80. The monoisotopic (exact) mass is 360 g/mol. The maximum atomic E-state index is 13.0. The van der Waals surface area contributed by atoms with Gasteiger partial charge in [-0.05, 0) is 70.0 Å². The lowest BCUT2D eigenvalue weighted by atomic mass is 9.73. The maximum Gasteiger partial charge on any atom is 0.222 e. The summed E-state index contributed by atoms with van der Waals surface area (Å²) in [5, 5.41) is 0. The van der Waals surface area contributed by atoms with Gasteiger partial charge in [-0.3, -0.25) is 9.59 Å². The number of rotatable bonds is 6. The second kappa shape index (κ2) is 8.30. The van der Waals surface area contributed by atoms with Crippen LogP contribution in [0.5, 0.6) is 0 Å². The van der Waals surface area contributed by atoms with Crippen LogP contribution in [0.3, 0.4) is 0 Å². The Bertz CT molecular complexity index is 646. The summed E-state index contributed by atoms with van der Waals surface area (Å²) in [5.74, 6) is 0.0598. The highest BCUT2D eigenvalue weighted by atomic mass is 19.1. The van der Waals surface area contributed by atoms with Crippen molar-refractivity contribution in [3.63, 3.8) is 0 Å². The standard InChI is InChI=1S/C21H29FN2O2/c1-2-24-16-21(12-10-20(24)26)11-4-14-23(15-21)13-3-5-19(25)17-6-8-18(22)9-7-17/h6-9H,2-5,10-16H2,1H3/t21-/m1/s1. The second-order valence-electron chi connectivity index (χ2n) is 7.82. The van der Waals surface area contributed by atoms with Crippen molar-refractivity contribution in [1.29, 1.82) is 0 Å². The number of carbonyl (C=O) groups is 2. The van der Waals surface area contributed by atoms with Crippen molar-refractivity contribution in [2.45, 2.75) is 45.4 Å². The number of hydrogen-bond donors (Lipinski definition) is 0. The van der Waals surface area contributed by atoms with Crippen LogP contribution < -0.4 is 0 Å². The van der Waals surface area contributed by atoms with Crippen molar-refractivity contribution in [1.82, 2.24) is 9.80 Å². The molecule has 0 aromatic heterocycles. The quantitative estimate of drug-likeness (QED) is 0.729. The van der Waals surface area contributed by atoms with E-state index in [-0.39, 0.29) is 17.0 Å². The fourth-order valence-corrected chi connectivity index (χ4v) is 4.47. The van der Waals surface area contributed by atoms with Gasteiger partial charge in [-0.25, -0.2) is 4.39 Å². The normalized spacial score (nSPS) is 24.2. The molecule has 26 heavy (non-hydrogen) atoms. The van der Waals surface area contributed by atoms with Gasteiger partial charge in [0.2, 0.25) is 5.91 Å². The van der Waals surface area contributed by atoms with Crippen molar-refractivity contribution >= 4 is 11.7 Å². The lowest BCUT2D eigenvalue weighted by molar-refractivity contribution is -0.139. The van der Waals surface area contributed by atoms with Crippen LogP contribution in [0.2, 0.25) is 0 Å². The second-order valence-corrected chi connectivity index (χ2v) is 7.82. The Morgan fingerprint density at radius 1 is 1.19 bits per heavy atom. The Kier molecular flexibility index (Phi) is 6.07. The number of piperidine rings is 2. The van der Waals surface area contributed by atoms with Crippen molar-refractivity contribution in [2.24, 2.45) is 5.41 Å². The van der Waals surface area contributed by atoms with Crippen LogP contribution in [0.15, 0.2) is 24.3 Å². The van der Waals surface area contributed by atoms with Gasteiger partial charge in [0.25, 0.3) is 0 Å². The third-order valence-electron chi connectivity index (χ3n) is 5.91. The number of ketones is 1. The summed E-state index contributed by atoms with van der Waals surface area (Å²) < 4.78 is 13.0. The summed E-state index contributed by atoms with van der Waals surface area (Å²) in [6.07, 6.45) is 5.34. The zero-order valence-corrected chi connectivity index (χ0v) is 15.7. The molecule has 0 radical (unpaired) electrons. The molecule has 1 atom stereocenters. The first kappa shape index (κ1) is 19.0. The van der Waals surface area contributed by atoms with E-state index in [2.05, 4.69) is 11.8 Å². The van der Waals surface area contributed by atoms with Crippen molar-refractivity contribution in [3.05, 3.63) is 35.6 Å². The van der Waals surface area contributed by atoms with Crippen LogP contribution in [-0.2, 0) is 4.79 Å². The van der Waals surface area contributed by atoms with E-state index in [1.54, 1.807) is 12.1 Å². The van der Waals surface area contributed by atoms with Crippen molar-refractivity contribution < 1.29 is 14.0 Å². The van der Waals surface area contributed by atoms with Gasteiger partial charge in [-0.2, -0.15) is 0 Å². The van der Waals surface area contributed by atoms with Crippen LogP contribution in [0, 0.1) is 11.2 Å². The molecule has 5 heteroatoms. The van der Waals surface area contributed by atoms with Gasteiger partial charge in [-0.15, -0.1) is 0 Å².